The predicted molar refractivity (Wildman–Crippen MR) is 27.9 cm³/mol. The van der Waals surface area contributed by atoms with Crippen LogP contribution in [0.1, 0.15) is 0 Å². The topological polar surface area (TPSA) is 9.23 Å². The quantitative estimate of drug-likeness (QED) is 0.697. The van der Waals surface area contributed by atoms with Gasteiger partial charge in [-0.3, -0.25) is 4.74 Å². The molecule has 15 heavy (non-hydrogen) atoms. The Morgan fingerprint density at radius 2 is 1.27 bits per heavy atom. The van der Waals surface area contributed by atoms with Crippen LogP contribution in [0, 0.1) is 0 Å². The molecule has 0 aromatic rings. The lowest BCUT2D eigenvalue weighted by Gasteiger charge is -2.25. The Morgan fingerprint density at radius 3 is 1.53 bits per heavy atom. The van der Waals surface area contributed by atoms with Gasteiger partial charge in [0.25, 0.3) is 0 Å². The fraction of sp³-hybridized carbons (Fsp3) is 1.00. The number of hydrogen-bond donors (Lipinski definition) is 0. The summed E-state index contributed by atoms with van der Waals surface area (Å²) < 4.78 is 107. The van der Waals surface area contributed by atoms with Crippen LogP contribution in [0.15, 0.2) is 0 Å². The van der Waals surface area contributed by atoms with E-state index < -0.39 is 31.2 Å². The molecule has 0 fully saturated rings. The van der Waals surface area contributed by atoms with E-state index in [-0.39, 0.29) is 0 Å². The van der Waals surface area contributed by atoms with Crippen molar-refractivity contribution in [2.45, 2.75) is 24.6 Å². The van der Waals surface area contributed by atoms with Gasteiger partial charge in [0.2, 0.25) is 0 Å². The van der Waals surface area contributed by atoms with Gasteiger partial charge >= 0.3 is 24.6 Å². The molecule has 0 aliphatic rings. The number of rotatable bonds is 4. The second kappa shape index (κ2) is 4.06. The minimum Gasteiger partial charge on any atom is -0.285 e. The fourth-order valence-corrected chi connectivity index (χ4v) is 0.428. The Kier molecular flexibility index (Phi) is 3.88. The highest BCUT2D eigenvalue weighted by atomic mass is 19.4. The molecule has 0 aliphatic heterocycles. The summed E-state index contributed by atoms with van der Waals surface area (Å²) in [5.41, 5.74) is 0. The molecule has 0 bridgehead atoms. The van der Waals surface area contributed by atoms with Crippen molar-refractivity contribution in [3.05, 3.63) is 0 Å². The SMILES string of the molecule is FC(F)C(F)(F)C(F)(F)COC(F)(F)F. The Balaban J connectivity index is 4.55. The van der Waals surface area contributed by atoms with E-state index in [1.807, 2.05) is 0 Å². The molecule has 0 spiro atoms. The molecule has 0 amide bonds. The van der Waals surface area contributed by atoms with E-state index >= 15 is 0 Å². The highest BCUT2D eigenvalue weighted by Crippen LogP contribution is 2.40. The lowest BCUT2D eigenvalue weighted by molar-refractivity contribution is -0.363. The molecule has 0 rings (SSSR count). The maximum Gasteiger partial charge on any atom is 0.522 e. The summed E-state index contributed by atoms with van der Waals surface area (Å²) in [6, 6.07) is 0. The Labute approximate surface area is 76.8 Å². The maximum absolute atomic E-state index is 12.1. The molecule has 10 heteroatoms. The highest BCUT2D eigenvalue weighted by Gasteiger charge is 2.63. The summed E-state index contributed by atoms with van der Waals surface area (Å²) in [7, 11) is 0. The van der Waals surface area contributed by atoms with E-state index in [0.717, 1.165) is 0 Å². The van der Waals surface area contributed by atoms with Crippen molar-refractivity contribution in [2.75, 3.05) is 6.61 Å². The van der Waals surface area contributed by atoms with Gasteiger partial charge in [0.15, 0.2) is 0 Å². The summed E-state index contributed by atoms with van der Waals surface area (Å²) in [5.74, 6) is -11.5. The third-order valence-electron chi connectivity index (χ3n) is 1.18. The normalized spacial score (nSPS) is 14.8. The number of hydrogen-bond acceptors (Lipinski definition) is 1. The minimum absolute atomic E-state index is 2.37. The van der Waals surface area contributed by atoms with E-state index in [1.54, 1.807) is 0 Å². The van der Waals surface area contributed by atoms with Crippen molar-refractivity contribution >= 4 is 0 Å². The molecule has 0 N–H and O–H groups in total. The second-order valence-electron chi connectivity index (χ2n) is 2.36. The van der Waals surface area contributed by atoms with Crippen LogP contribution in [0.2, 0.25) is 0 Å². The molecule has 0 saturated carbocycles. The smallest absolute Gasteiger partial charge is 0.285 e. The van der Waals surface area contributed by atoms with Gasteiger partial charge in [-0.2, -0.15) is 17.6 Å². The Morgan fingerprint density at radius 1 is 0.867 bits per heavy atom. The van der Waals surface area contributed by atoms with Gasteiger partial charge in [-0.1, -0.05) is 0 Å². The standard InChI is InChI=1S/C5H3F9O/c6-2(7)4(10,11)3(8,9)1-15-5(12,13)14/h2H,1H2. The summed E-state index contributed by atoms with van der Waals surface area (Å²) >= 11 is 0. The molecule has 0 heterocycles. The number of halogens is 9. The minimum atomic E-state index is -5.88. The van der Waals surface area contributed by atoms with Crippen molar-refractivity contribution in [1.29, 1.82) is 0 Å². The van der Waals surface area contributed by atoms with Crippen molar-refractivity contribution in [1.82, 2.24) is 0 Å². The van der Waals surface area contributed by atoms with Crippen LogP contribution in [0.25, 0.3) is 0 Å². The maximum atomic E-state index is 12.1. The molecule has 0 aromatic carbocycles. The first-order valence-electron chi connectivity index (χ1n) is 3.14. The third-order valence-corrected chi connectivity index (χ3v) is 1.18. The van der Waals surface area contributed by atoms with E-state index in [0.29, 0.717) is 0 Å². The van der Waals surface area contributed by atoms with Gasteiger partial charge in [0.05, 0.1) is 0 Å². The average Bonchev–Trinajstić information content (AvgIpc) is 1.99. The first kappa shape index (κ1) is 14.3. The van der Waals surface area contributed by atoms with Crippen LogP contribution < -0.4 is 0 Å². The van der Waals surface area contributed by atoms with E-state index in [4.69, 9.17) is 0 Å². The number of ether oxygens (including phenoxy) is 1. The lowest BCUT2D eigenvalue weighted by atomic mass is 10.2. The van der Waals surface area contributed by atoms with E-state index in [1.165, 1.54) is 0 Å². The molecule has 0 unspecified atom stereocenters. The number of alkyl halides is 9. The van der Waals surface area contributed by atoms with Crippen LogP contribution in [-0.4, -0.2) is 31.2 Å². The molecule has 92 valence electrons. The fourth-order valence-electron chi connectivity index (χ4n) is 0.428. The molecule has 0 radical (unpaired) electrons. The van der Waals surface area contributed by atoms with E-state index in [9.17, 15) is 39.5 Å². The third kappa shape index (κ3) is 3.76. The summed E-state index contributed by atoms with van der Waals surface area (Å²) in [6.45, 7) is -2.87. The Bertz CT molecular complexity index is 207. The molecular formula is C5H3F9O. The molecule has 0 atom stereocenters. The van der Waals surface area contributed by atoms with Gasteiger partial charge in [0, 0.05) is 0 Å². The van der Waals surface area contributed by atoms with Gasteiger partial charge in [0.1, 0.15) is 6.61 Å². The van der Waals surface area contributed by atoms with Gasteiger partial charge in [-0.15, -0.1) is 13.2 Å². The second-order valence-corrected chi connectivity index (χ2v) is 2.36. The van der Waals surface area contributed by atoms with Crippen LogP contribution >= 0.6 is 0 Å². The van der Waals surface area contributed by atoms with Crippen LogP contribution in [-0.2, 0) is 4.74 Å². The average molecular weight is 250 g/mol. The van der Waals surface area contributed by atoms with Crippen LogP contribution in [0.3, 0.4) is 0 Å². The van der Waals surface area contributed by atoms with Gasteiger partial charge in [-0.05, 0) is 0 Å². The summed E-state index contributed by atoms with van der Waals surface area (Å²) in [6.07, 6.45) is -10.4. The molecule has 1 nitrogen and oxygen atoms in total. The molecular weight excluding hydrogens is 247 g/mol. The van der Waals surface area contributed by atoms with Gasteiger partial charge in [-0.25, -0.2) is 8.78 Å². The van der Waals surface area contributed by atoms with Crippen molar-refractivity contribution in [3.8, 4) is 0 Å². The first-order valence-corrected chi connectivity index (χ1v) is 3.14. The van der Waals surface area contributed by atoms with Crippen molar-refractivity contribution in [3.63, 3.8) is 0 Å². The largest absolute Gasteiger partial charge is 0.522 e. The van der Waals surface area contributed by atoms with Crippen LogP contribution in [0.5, 0.6) is 0 Å². The first-order chi connectivity index (χ1) is 6.40. The monoisotopic (exact) mass is 250 g/mol. The zero-order valence-corrected chi connectivity index (χ0v) is 6.59. The Hall–Kier alpha value is -0.670. The summed E-state index contributed by atoms with van der Waals surface area (Å²) in [4.78, 5) is 0. The van der Waals surface area contributed by atoms with Crippen LogP contribution in [0.4, 0.5) is 39.5 Å². The highest BCUT2D eigenvalue weighted by molar-refractivity contribution is 4.86. The molecule has 0 saturated heterocycles. The molecule has 0 aliphatic carbocycles. The summed E-state index contributed by atoms with van der Waals surface area (Å²) in [5, 5.41) is 0. The van der Waals surface area contributed by atoms with Crippen molar-refractivity contribution < 1.29 is 44.3 Å². The zero-order valence-electron chi connectivity index (χ0n) is 6.59. The molecule has 0 aromatic heterocycles. The zero-order chi connectivity index (χ0) is 12.5. The van der Waals surface area contributed by atoms with Gasteiger partial charge < -0.3 is 0 Å². The predicted octanol–water partition coefficient (Wildman–Crippen LogP) is 3.06. The lowest BCUT2D eigenvalue weighted by Crippen LogP contribution is -2.50. The van der Waals surface area contributed by atoms with E-state index in [2.05, 4.69) is 4.74 Å². The van der Waals surface area contributed by atoms with Crippen molar-refractivity contribution in [2.24, 2.45) is 0 Å².